The first-order valence-electron chi connectivity index (χ1n) is 6.58. The predicted octanol–water partition coefficient (Wildman–Crippen LogP) is 1.66. The molecule has 1 aliphatic rings. The highest BCUT2D eigenvalue weighted by Gasteiger charge is 2.30. The minimum absolute atomic E-state index is 0.261. The van der Waals surface area contributed by atoms with Crippen LogP contribution in [0.1, 0.15) is 17.7 Å². The van der Waals surface area contributed by atoms with Crippen LogP contribution in [-0.4, -0.2) is 40.6 Å². The fourth-order valence-corrected chi connectivity index (χ4v) is 2.90. The Morgan fingerprint density at radius 3 is 3.20 bits per heavy atom. The number of hydrogen-bond acceptors (Lipinski definition) is 6. The van der Waals surface area contributed by atoms with E-state index < -0.39 is 6.04 Å². The summed E-state index contributed by atoms with van der Waals surface area (Å²) >= 11 is 1.76. The van der Waals surface area contributed by atoms with E-state index in [2.05, 4.69) is 28.3 Å². The molecule has 20 heavy (non-hydrogen) atoms. The summed E-state index contributed by atoms with van der Waals surface area (Å²) in [6, 6.07) is 3.34. The van der Waals surface area contributed by atoms with Gasteiger partial charge >= 0.3 is 0 Å². The molecule has 2 rings (SSSR count). The molecule has 0 bridgehead atoms. The number of aliphatic imine (C=N–C) groups is 1. The molecule has 0 radical (unpaired) electrons. The van der Waals surface area contributed by atoms with Gasteiger partial charge in [0.15, 0.2) is 5.84 Å². The summed E-state index contributed by atoms with van der Waals surface area (Å²) in [5, 5.41) is 13.9. The molecule has 1 unspecified atom stereocenters. The molecular formula is C13H18N4O2S. The Kier molecular flexibility index (Phi) is 5.34. The summed E-state index contributed by atoms with van der Waals surface area (Å²) < 4.78 is 0. The molecule has 7 heteroatoms. The maximum Gasteiger partial charge on any atom is 0.270 e. The SMILES string of the molecule is Cc1cccnc1CSCCNC1=NCCC1[N+](=O)[O-]. The number of amidine groups is 1. The van der Waals surface area contributed by atoms with Gasteiger partial charge < -0.3 is 5.32 Å². The van der Waals surface area contributed by atoms with Gasteiger partial charge in [0.1, 0.15) is 0 Å². The van der Waals surface area contributed by atoms with E-state index in [4.69, 9.17) is 0 Å². The number of aromatic nitrogens is 1. The van der Waals surface area contributed by atoms with E-state index in [1.165, 1.54) is 5.56 Å². The maximum absolute atomic E-state index is 10.8. The van der Waals surface area contributed by atoms with Crippen molar-refractivity contribution in [3.05, 3.63) is 39.7 Å². The van der Waals surface area contributed by atoms with Gasteiger partial charge in [-0.2, -0.15) is 11.8 Å². The van der Waals surface area contributed by atoms with Crippen molar-refractivity contribution in [3.63, 3.8) is 0 Å². The first-order valence-corrected chi connectivity index (χ1v) is 7.74. The Balaban J connectivity index is 1.67. The second-order valence-corrected chi connectivity index (χ2v) is 5.71. The standard InChI is InChI=1S/C13H18N4O2S/c1-10-3-2-5-14-11(10)9-20-8-7-16-13-12(17(18)19)4-6-15-13/h2-3,5,12H,4,6-9H2,1H3,(H,15,16). The molecule has 0 aliphatic carbocycles. The lowest BCUT2D eigenvalue weighted by atomic mass is 10.2. The van der Waals surface area contributed by atoms with Crippen LogP contribution < -0.4 is 5.32 Å². The van der Waals surface area contributed by atoms with Gasteiger partial charge in [0.05, 0.1) is 5.69 Å². The highest BCUT2D eigenvalue weighted by molar-refractivity contribution is 7.98. The zero-order valence-electron chi connectivity index (χ0n) is 11.4. The van der Waals surface area contributed by atoms with Crippen LogP contribution in [0.15, 0.2) is 23.3 Å². The fraction of sp³-hybridized carbons (Fsp3) is 0.538. The summed E-state index contributed by atoms with van der Waals surface area (Å²) in [7, 11) is 0. The van der Waals surface area contributed by atoms with Gasteiger partial charge in [-0.3, -0.25) is 20.1 Å². The minimum Gasteiger partial charge on any atom is -0.367 e. The van der Waals surface area contributed by atoms with Crippen LogP contribution in [-0.2, 0) is 5.75 Å². The van der Waals surface area contributed by atoms with Crippen LogP contribution in [0, 0.1) is 17.0 Å². The molecule has 0 aromatic carbocycles. The van der Waals surface area contributed by atoms with E-state index in [1.54, 1.807) is 18.0 Å². The second-order valence-electron chi connectivity index (χ2n) is 4.60. The molecule has 0 fully saturated rings. The lowest BCUT2D eigenvalue weighted by molar-refractivity contribution is -0.502. The van der Waals surface area contributed by atoms with Crippen molar-refractivity contribution in [1.82, 2.24) is 10.3 Å². The number of nitro groups is 1. The molecule has 1 aromatic heterocycles. The van der Waals surface area contributed by atoms with Crippen molar-refractivity contribution in [2.24, 2.45) is 4.99 Å². The number of aryl methyl sites for hydroxylation is 1. The Morgan fingerprint density at radius 1 is 1.60 bits per heavy atom. The first-order chi connectivity index (χ1) is 9.68. The average molecular weight is 294 g/mol. The van der Waals surface area contributed by atoms with Crippen LogP contribution in [0.5, 0.6) is 0 Å². The quantitative estimate of drug-likeness (QED) is 0.490. The van der Waals surface area contributed by atoms with E-state index in [0.29, 0.717) is 25.3 Å². The van der Waals surface area contributed by atoms with Gasteiger partial charge in [0, 0.05) is 42.1 Å². The molecule has 1 aromatic rings. The lowest BCUT2D eigenvalue weighted by Crippen LogP contribution is -2.37. The van der Waals surface area contributed by atoms with Crippen LogP contribution >= 0.6 is 11.8 Å². The molecular weight excluding hydrogens is 276 g/mol. The van der Waals surface area contributed by atoms with Crippen molar-refractivity contribution in [1.29, 1.82) is 0 Å². The number of pyridine rings is 1. The Labute approximate surface area is 122 Å². The predicted molar refractivity (Wildman–Crippen MR) is 80.8 cm³/mol. The number of nitrogens with zero attached hydrogens (tertiary/aromatic N) is 3. The summed E-state index contributed by atoms with van der Waals surface area (Å²) in [6.45, 7) is 3.30. The Bertz CT molecular complexity index is 507. The van der Waals surface area contributed by atoms with Crippen LogP contribution in [0.25, 0.3) is 0 Å². The third-order valence-electron chi connectivity index (χ3n) is 3.16. The van der Waals surface area contributed by atoms with E-state index in [1.807, 2.05) is 6.07 Å². The van der Waals surface area contributed by atoms with E-state index in [9.17, 15) is 10.1 Å². The van der Waals surface area contributed by atoms with Crippen molar-refractivity contribution in [2.45, 2.75) is 25.1 Å². The van der Waals surface area contributed by atoms with Crippen molar-refractivity contribution in [2.75, 3.05) is 18.8 Å². The zero-order chi connectivity index (χ0) is 14.4. The van der Waals surface area contributed by atoms with E-state index >= 15 is 0 Å². The lowest BCUT2D eigenvalue weighted by Gasteiger charge is -2.09. The Morgan fingerprint density at radius 2 is 2.45 bits per heavy atom. The molecule has 0 saturated heterocycles. The molecule has 0 saturated carbocycles. The van der Waals surface area contributed by atoms with Crippen LogP contribution in [0.3, 0.4) is 0 Å². The summed E-state index contributed by atoms with van der Waals surface area (Å²) in [5.41, 5.74) is 2.29. The molecule has 6 nitrogen and oxygen atoms in total. The molecule has 1 N–H and O–H groups in total. The minimum atomic E-state index is -0.641. The largest absolute Gasteiger partial charge is 0.367 e. The monoisotopic (exact) mass is 294 g/mol. The molecule has 2 heterocycles. The molecule has 0 spiro atoms. The van der Waals surface area contributed by atoms with Crippen molar-refractivity contribution >= 4 is 17.6 Å². The third-order valence-corrected chi connectivity index (χ3v) is 4.13. The van der Waals surface area contributed by atoms with E-state index in [-0.39, 0.29) is 4.92 Å². The third kappa shape index (κ3) is 3.93. The normalized spacial score (nSPS) is 17.9. The fourth-order valence-electron chi connectivity index (χ4n) is 2.02. The number of nitrogens with one attached hydrogen (secondary N) is 1. The van der Waals surface area contributed by atoms with E-state index in [0.717, 1.165) is 17.2 Å². The topological polar surface area (TPSA) is 80.4 Å². The highest BCUT2D eigenvalue weighted by Crippen LogP contribution is 2.13. The second kappa shape index (κ2) is 7.23. The van der Waals surface area contributed by atoms with Crippen molar-refractivity contribution < 1.29 is 4.92 Å². The van der Waals surface area contributed by atoms with Gasteiger partial charge in [-0.15, -0.1) is 0 Å². The number of thioether (sulfide) groups is 1. The van der Waals surface area contributed by atoms with Gasteiger partial charge in [0.2, 0.25) is 0 Å². The van der Waals surface area contributed by atoms with Crippen LogP contribution in [0.2, 0.25) is 0 Å². The zero-order valence-corrected chi connectivity index (χ0v) is 12.2. The number of rotatable bonds is 6. The van der Waals surface area contributed by atoms with Crippen molar-refractivity contribution in [3.8, 4) is 0 Å². The van der Waals surface area contributed by atoms with Gasteiger partial charge in [-0.05, 0) is 18.6 Å². The van der Waals surface area contributed by atoms with Gasteiger partial charge in [-0.1, -0.05) is 6.07 Å². The van der Waals surface area contributed by atoms with Gasteiger partial charge in [-0.25, -0.2) is 0 Å². The highest BCUT2D eigenvalue weighted by atomic mass is 32.2. The Hall–Kier alpha value is -1.63. The first kappa shape index (κ1) is 14.8. The molecule has 108 valence electrons. The number of hydrogen-bond donors (Lipinski definition) is 1. The summed E-state index contributed by atoms with van der Waals surface area (Å²) in [6.07, 6.45) is 2.31. The summed E-state index contributed by atoms with van der Waals surface area (Å²) in [4.78, 5) is 19.0. The summed E-state index contributed by atoms with van der Waals surface area (Å²) in [5.74, 6) is 2.27. The van der Waals surface area contributed by atoms with Crippen LogP contribution in [0.4, 0.5) is 0 Å². The smallest absolute Gasteiger partial charge is 0.270 e. The molecule has 1 aliphatic heterocycles. The molecule has 1 atom stereocenters. The maximum atomic E-state index is 10.8. The van der Waals surface area contributed by atoms with Gasteiger partial charge in [0.25, 0.3) is 6.04 Å². The average Bonchev–Trinajstić information content (AvgIpc) is 2.89. The molecule has 0 amide bonds.